The lowest BCUT2D eigenvalue weighted by Gasteiger charge is -2.15. The van der Waals surface area contributed by atoms with Crippen molar-refractivity contribution in [3.05, 3.63) is 69.0 Å². The maximum atomic E-state index is 12.6. The van der Waals surface area contributed by atoms with Crippen molar-refractivity contribution in [3.8, 4) is 0 Å². The van der Waals surface area contributed by atoms with Crippen LogP contribution in [0.4, 0.5) is 0 Å². The van der Waals surface area contributed by atoms with E-state index in [9.17, 15) is 19.5 Å². The molecule has 24 heavy (non-hydrogen) atoms. The summed E-state index contributed by atoms with van der Waals surface area (Å²) in [7, 11) is 0. The van der Waals surface area contributed by atoms with Gasteiger partial charge >= 0.3 is 5.69 Å². The summed E-state index contributed by atoms with van der Waals surface area (Å²) in [6.07, 6.45) is -1.32. The highest BCUT2D eigenvalue weighted by Crippen LogP contribution is 2.27. The molecule has 1 fully saturated rings. The molecule has 0 spiro atoms. The number of hydrogen-bond acceptors (Lipinski definition) is 6. The third-order valence-corrected chi connectivity index (χ3v) is 3.93. The SMILES string of the molecule is O=C(c1ccccc1)n1c(=O)ccn([C@H]2C[C@H](O)[C@@H](CO)O2)c1=O. The van der Waals surface area contributed by atoms with Crippen molar-refractivity contribution in [1.82, 2.24) is 9.13 Å². The fourth-order valence-electron chi connectivity index (χ4n) is 2.66. The lowest BCUT2D eigenvalue weighted by Crippen LogP contribution is -2.44. The van der Waals surface area contributed by atoms with E-state index in [4.69, 9.17) is 9.84 Å². The molecule has 0 amide bonds. The predicted molar refractivity (Wildman–Crippen MR) is 82.8 cm³/mol. The van der Waals surface area contributed by atoms with Crippen molar-refractivity contribution < 1.29 is 19.7 Å². The van der Waals surface area contributed by atoms with Crippen LogP contribution < -0.4 is 11.2 Å². The summed E-state index contributed by atoms with van der Waals surface area (Å²) >= 11 is 0. The minimum absolute atomic E-state index is 0.0723. The van der Waals surface area contributed by atoms with Crippen LogP contribution in [0.15, 0.2) is 52.2 Å². The number of aliphatic hydroxyl groups is 2. The maximum Gasteiger partial charge on any atom is 0.340 e. The number of carbonyl (C=O) groups excluding carboxylic acids is 1. The number of rotatable bonds is 3. The van der Waals surface area contributed by atoms with Crippen molar-refractivity contribution in [3.63, 3.8) is 0 Å². The standard InChI is InChI=1S/C16H16N2O6/c19-9-12-11(20)8-14(24-12)17-7-6-13(21)18(16(17)23)15(22)10-4-2-1-3-5-10/h1-7,11-12,14,19-20H,8-9H2/t11-,12+,14+/m0/s1. The second-order valence-electron chi connectivity index (χ2n) is 5.47. The van der Waals surface area contributed by atoms with Gasteiger partial charge in [-0.25, -0.2) is 4.79 Å². The van der Waals surface area contributed by atoms with Gasteiger partial charge in [-0.05, 0) is 12.1 Å². The van der Waals surface area contributed by atoms with E-state index in [1.807, 2.05) is 0 Å². The number of carbonyl (C=O) groups is 1. The van der Waals surface area contributed by atoms with E-state index in [0.717, 1.165) is 10.6 Å². The minimum Gasteiger partial charge on any atom is -0.394 e. The first-order valence-corrected chi connectivity index (χ1v) is 7.41. The number of aromatic nitrogens is 2. The zero-order valence-corrected chi connectivity index (χ0v) is 12.6. The van der Waals surface area contributed by atoms with Gasteiger partial charge in [0.2, 0.25) is 0 Å². The predicted octanol–water partition coefficient (Wildman–Crippen LogP) is -0.661. The van der Waals surface area contributed by atoms with Crippen molar-refractivity contribution >= 4 is 5.91 Å². The summed E-state index contributed by atoms with van der Waals surface area (Å²) in [5, 5.41) is 18.9. The fourth-order valence-corrected chi connectivity index (χ4v) is 2.66. The first-order chi connectivity index (χ1) is 11.5. The highest BCUT2D eigenvalue weighted by Gasteiger charge is 2.35. The van der Waals surface area contributed by atoms with E-state index < -0.39 is 42.2 Å². The zero-order valence-electron chi connectivity index (χ0n) is 12.6. The molecule has 126 valence electrons. The van der Waals surface area contributed by atoms with Crippen LogP contribution >= 0.6 is 0 Å². The van der Waals surface area contributed by atoms with Crippen molar-refractivity contribution in [2.45, 2.75) is 24.9 Å². The second-order valence-corrected chi connectivity index (χ2v) is 5.47. The second kappa shape index (κ2) is 6.52. The molecule has 1 aliphatic rings. The molecule has 2 aromatic rings. The number of ether oxygens (including phenoxy) is 1. The normalized spacial score (nSPS) is 23.3. The first-order valence-electron chi connectivity index (χ1n) is 7.41. The molecule has 0 saturated carbocycles. The van der Waals surface area contributed by atoms with Gasteiger partial charge in [0, 0.05) is 24.2 Å². The Morgan fingerprint density at radius 1 is 1.21 bits per heavy atom. The molecule has 3 rings (SSSR count). The smallest absolute Gasteiger partial charge is 0.340 e. The zero-order chi connectivity index (χ0) is 17.3. The summed E-state index contributed by atoms with van der Waals surface area (Å²) in [4.78, 5) is 37.0. The summed E-state index contributed by atoms with van der Waals surface area (Å²) in [6.45, 7) is -0.394. The fraction of sp³-hybridized carbons (Fsp3) is 0.312. The van der Waals surface area contributed by atoms with E-state index >= 15 is 0 Å². The highest BCUT2D eigenvalue weighted by molar-refractivity contribution is 5.95. The van der Waals surface area contributed by atoms with Gasteiger partial charge in [-0.2, -0.15) is 4.57 Å². The topological polar surface area (TPSA) is 111 Å². The van der Waals surface area contributed by atoms with Gasteiger partial charge in [0.25, 0.3) is 11.5 Å². The van der Waals surface area contributed by atoms with Crippen LogP contribution in [0.1, 0.15) is 23.0 Å². The molecule has 0 radical (unpaired) electrons. The summed E-state index contributed by atoms with van der Waals surface area (Å²) < 4.78 is 7.00. The molecule has 3 atom stereocenters. The van der Waals surface area contributed by atoms with Crippen molar-refractivity contribution in [2.75, 3.05) is 6.61 Å². The summed E-state index contributed by atoms with van der Waals surface area (Å²) in [5.41, 5.74) is -1.40. The molecular weight excluding hydrogens is 316 g/mol. The van der Waals surface area contributed by atoms with E-state index in [-0.39, 0.29) is 12.0 Å². The molecule has 0 bridgehead atoms. The van der Waals surface area contributed by atoms with Gasteiger partial charge in [-0.1, -0.05) is 18.2 Å². The van der Waals surface area contributed by atoms with Gasteiger partial charge in [0.15, 0.2) is 0 Å². The Hall–Kier alpha value is -2.55. The van der Waals surface area contributed by atoms with Gasteiger partial charge in [-0.15, -0.1) is 0 Å². The van der Waals surface area contributed by atoms with E-state index in [0.29, 0.717) is 4.57 Å². The van der Waals surface area contributed by atoms with Crippen LogP contribution in [0.5, 0.6) is 0 Å². The molecule has 1 aliphatic heterocycles. The largest absolute Gasteiger partial charge is 0.394 e. The van der Waals surface area contributed by atoms with E-state index in [2.05, 4.69) is 0 Å². The Labute approximate surface area is 136 Å². The van der Waals surface area contributed by atoms with Crippen LogP contribution in [0.3, 0.4) is 0 Å². The summed E-state index contributed by atoms with van der Waals surface area (Å²) in [6, 6.07) is 9.06. The molecule has 1 saturated heterocycles. The summed E-state index contributed by atoms with van der Waals surface area (Å²) in [5.74, 6) is -0.739. The number of nitrogens with zero attached hydrogens (tertiary/aromatic N) is 2. The van der Waals surface area contributed by atoms with Gasteiger partial charge < -0.3 is 14.9 Å². The third kappa shape index (κ3) is 2.82. The Balaban J connectivity index is 2.02. The van der Waals surface area contributed by atoms with Gasteiger partial charge in [0.05, 0.1) is 12.7 Å². The van der Waals surface area contributed by atoms with Crippen molar-refractivity contribution in [2.24, 2.45) is 0 Å². The lowest BCUT2D eigenvalue weighted by atomic mass is 10.2. The molecule has 8 nitrogen and oxygen atoms in total. The van der Waals surface area contributed by atoms with E-state index in [1.54, 1.807) is 18.2 Å². The molecular formula is C16H16N2O6. The minimum atomic E-state index is -0.933. The van der Waals surface area contributed by atoms with Crippen LogP contribution in [-0.2, 0) is 4.74 Å². The quantitative estimate of drug-likeness (QED) is 0.772. The van der Waals surface area contributed by atoms with Crippen LogP contribution in [0.2, 0.25) is 0 Å². The maximum absolute atomic E-state index is 12.6. The Bertz CT molecular complexity index is 857. The average Bonchev–Trinajstić information content (AvgIpc) is 2.96. The molecule has 1 aromatic carbocycles. The molecule has 0 unspecified atom stereocenters. The molecule has 0 aliphatic carbocycles. The van der Waals surface area contributed by atoms with Crippen LogP contribution in [-0.4, -0.2) is 44.1 Å². The van der Waals surface area contributed by atoms with Crippen molar-refractivity contribution in [1.29, 1.82) is 0 Å². The van der Waals surface area contributed by atoms with E-state index in [1.165, 1.54) is 18.3 Å². The number of hydrogen-bond donors (Lipinski definition) is 2. The molecule has 8 heteroatoms. The monoisotopic (exact) mass is 332 g/mol. The molecule has 2 N–H and O–H groups in total. The third-order valence-electron chi connectivity index (χ3n) is 3.93. The lowest BCUT2D eigenvalue weighted by molar-refractivity contribution is -0.0461. The van der Waals surface area contributed by atoms with Gasteiger partial charge in [0.1, 0.15) is 12.3 Å². The Morgan fingerprint density at radius 2 is 1.92 bits per heavy atom. The van der Waals surface area contributed by atoms with Gasteiger partial charge in [-0.3, -0.25) is 14.2 Å². The Kier molecular flexibility index (Phi) is 4.43. The van der Waals surface area contributed by atoms with Crippen LogP contribution in [0, 0.1) is 0 Å². The highest BCUT2D eigenvalue weighted by atomic mass is 16.5. The first kappa shape index (κ1) is 16.3. The molecule has 1 aromatic heterocycles. The number of aliphatic hydroxyl groups excluding tert-OH is 2. The number of benzene rings is 1. The van der Waals surface area contributed by atoms with Crippen LogP contribution in [0.25, 0.3) is 0 Å². The average molecular weight is 332 g/mol. The molecule has 2 heterocycles. The Morgan fingerprint density at radius 3 is 2.54 bits per heavy atom.